The van der Waals surface area contributed by atoms with E-state index in [0.717, 1.165) is 0 Å². The maximum Gasteiger partial charge on any atom is 0.221 e. The van der Waals surface area contributed by atoms with Crippen LogP contribution in [0.1, 0.15) is 24.0 Å². The molecule has 0 aromatic heterocycles. The molecule has 0 heterocycles. The molecular weight excluding hydrogens is 464 g/mol. The number of nitrogens with one attached hydrogen (secondary N) is 2. The standard InChI is InChI=1S/C23H22N2O6S2/c1-16(26)24-19-8-12-21(13-9-19)32(28,29)23(18-6-4-3-5-7-18)33(30,31)22-14-10-20(11-15-22)25-17(2)27/h3-15,23H,1-2H3,(H,24,26)(H,25,27). The van der Waals surface area contributed by atoms with Gasteiger partial charge in [-0.2, -0.15) is 0 Å². The number of hydrogen-bond donors (Lipinski definition) is 2. The summed E-state index contributed by atoms with van der Waals surface area (Å²) in [6.07, 6.45) is 0. The van der Waals surface area contributed by atoms with Gasteiger partial charge in [-0.25, -0.2) is 16.8 Å². The van der Waals surface area contributed by atoms with Crippen molar-refractivity contribution in [1.82, 2.24) is 0 Å². The predicted molar refractivity (Wildman–Crippen MR) is 125 cm³/mol. The lowest BCUT2D eigenvalue weighted by molar-refractivity contribution is -0.115. The van der Waals surface area contributed by atoms with Crippen molar-refractivity contribution < 1.29 is 26.4 Å². The van der Waals surface area contributed by atoms with E-state index in [-0.39, 0.29) is 27.2 Å². The summed E-state index contributed by atoms with van der Waals surface area (Å²) in [6, 6.07) is 18.3. The Hall–Kier alpha value is -3.50. The smallest absolute Gasteiger partial charge is 0.221 e. The van der Waals surface area contributed by atoms with Crippen molar-refractivity contribution in [2.75, 3.05) is 10.6 Å². The molecule has 0 saturated heterocycles. The molecule has 0 radical (unpaired) electrons. The van der Waals surface area contributed by atoms with E-state index in [0.29, 0.717) is 11.4 Å². The molecule has 0 atom stereocenters. The molecule has 0 unspecified atom stereocenters. The molecule has 0 spiro atoms. The molecule has 10 heteroatoms. The Morgan fingerprint density at radius 2 is 0.970 bits per heavy atom. The van der Waals surface area contributed by atoms with Crippen molar-refractivity contribution in [2.45, 2.75) is 28.2 Å². The zero-order valence-electron chi connectivity index (χ0n) is 17.8. The molecule has 33 heavy (non-hydrogen) atoms. The first-order valence-corrected chi connectivity index (χ1v) is 12.9. The highest BCUT2D eigenvalue weighted by Crippen LogP contribution is 2.38. The van der Waals surface area contributed by atoms with E-state index in [1.54, 1.807) is 18.2 Å². The van der Waals surface area contributed by atoms with Crippen LogP contribution in [0.25, 0.3) is 0 Å². The molecule has 0 bridgehead atoms. The van der Waals surface area contributed by atoms with Crippen LogP contribution in [0.2, 0.25) is 0 Å². The van der Waals surface area contributed by atoms with Crippen molar-refractivity contribution in [2.24, 2.45) is 0 Å². The van der Waals surface area contributed by atoms with Gasteiger partial charge in [0, 0.05) is 25.2 Å². The number of carbonyl (C=O) groups excluding carboxylic acids is 2. The molecule has 0 aliphatic rings. The maximum atomic E-state index is 13.6. The Labute approximate surface area is 192 Å². The summed E-state index contributed by atoms with van der Waals surface area (Å²) in [5.74, 6) is -0.642. The highest BCUT2D eigenvalue weighted by molar-refractivity contribution is 8.08. The number of amides is 2. The zero-order chi connectivity index (χ0) is 24.2. The molecule has 0 saturated carbocycles. The number of hydrogen-bond acceptors (Lipinski definition) is 6. The Balaban J connectivity index is 2.10. The number of sulfone groups is 2. The highest BCUT2D eigenvalue weighted by Gasteiger charge is 2.41. The van der Waals surface area contributed by atoms with Crippen LogP contribution in [0.5, 0.6) is 0 Å². The van der Waals surface area contributed by atoms with E-state index in [1.165, 1.54) is 74.5 Å². The topological polar surface area (TPSA) is 126 Å². The van der Waals surface area contributed by atoms with E-state index in [9.17, 15) is 26.4 Å². The highest BCUT2D eigenvalue weighted by atomic mass is 32.3. The molecule has 0 aliphatic heterocycles. The van der Waals surface area contributed by atoms with Gasteiger partial charge in [-0.05, 0) is 54.1 Å². The van der Waals surface area contributed by atoms with Crippen LogP contribution in [-0.4, -0.2) is 28.6 Å². The van der Waals surface area contributed by atoms with Gasteiger partial charge in [0.1, 0.15) is 0 Å². The number of rotatable bonds is 7. The summed E-state index contributed by atoms with van der Waals surface area (Å²) < 4.78 is 52.4. The Morgan fingerprint density at radius 3 is 1.30 bits per heavy atom. The summed E-state index contributed by atoms with van der Waals surface area (Å²) in [4.78, 5) is 22.0. The number of benzene rings is 3. The molecule has 2 amide bonds. The van der Waals surface area contributed by atoms with Gasteiger partial charge in [0.2, 0.25) is 11.8 Å². The monoisotopic (exact) mass is 486 g/mol. The van der Waals surface area contributed by atoms with Crippen molar-refractivity contribution in [3.8, 4) is 0 Å². The van der Waals surface area contributed by atoms with E-state index in [4.69, 9.17) is 0 Å². The zero-order valence-corrected chi connectivity index (χ0v) is 19.5. The Bertz CT molecular complexity index is 1280. The molecule has 8 nitrogen and oxygen atoms in total. The molecular formula is C23H22N2O6S2. The third-order valence-electron chi connectivity index (χ3n) is 4.64. The van der Waals surface area contributed by atoms with Crippen LogP contribution in [0.4, 0.5) is 11.4 Å². The third-order valence-corrected chi connectivity index (χ3v) is 9.69. The van der Waals surface area contributed by atoms with Gasteiger partial charge in [0.15, 0.2) is 24.3 Å². The second-order valence-electron chi connectivity index (χ2n) is 7.24. The third kappa shape index (κ3) is 5.47. The normalized spacial score (nSPS) is 11.7. The van der Waals surface area contributed by atoms with Crippen molar-refractivity contribution >= 4 is 42.9 Å². The largest absolute Gasteiger partial charge is 0.326 e. The second-order valence-corrected chi connectivity index (χ2v) is 11.6. The Kier molecular flexibility index (Phi) is 6.99. The van der Waals surface area contributed by atoms with Crippen LogP contribution in [0.3, 0.4) is 0 Å². The van der Waals surface area contributed by atoms with Crippen LogP contribution < -0.4 is 10.6 Å². The maximum absolute atomic E-state index is 13.6. The van der Waals surface area contributed by atoms with Gasteiger partial charge >= 0.3 is 0 Å². The fourth-order valence-electron chi connectivity index (χ4n) is 3.24. The quantitative estimate of drug-likeness (QED) is 0.526. The van der Waals surface area contributed by atoms with Crippen LogP contribution in [0, 0.1) is 0 Å². The number of carbonyl (C=O) groups is 2. The average molecular weight is 487 g/mol. The van der Waals surface area contributed by atoms with Gasteiger partial charge < -0.3 is 10.6 Å². The molecule has 3 aromatic carbocycles. The van der Waals surface area contributed by atoms with Crippen LogP contribution >= 0.6 is 0 Å². The van der Waals surface area contributed by atoms with E-state index in [1.807, 2.05) is 0 Å². The van der Waals surface area contributed by atoms with Crippen LogP contribution in [0.15, 0.2) is 88.7 Å². The van der Waals surface area contributed by atoms with Crippen molar-refractivity contribution in [3.63, 3.8) is 0 Å². The fraction of sp³-hybridized carbons (Fsp3) is 0.130. The molecule has 0 fully saturated rings. The molecule has 3 rings (SSSR count). The minimum absolute atomic E-state index is 0.0920. The van der Waals surface area contributed by atoms with Gasteiger partial charge in [-0.1, -0.05) is 30.3 Å². The average Bonchev–Trinajstić information content (AvgIpc) is 2.74. The first-order chi connectivity index (χ1) is 15.5. The molecule has 0 aliphatic carbocycles. The minimum Gasteiger partial charge on any atom is -0.326 e. The second kappa shape index (κ2) is 9.55. The fourth-order valence-corrected chi connectivity index (χ4v) is 7.80. The summed E-state index contributed by atoms with van der Waals surface area (Å²) in [6.45, 7) is 2.64. The Morgan fingerprint density at radius 1 is 0.606 bits per heavy atom. The van der Waals surface area contributed by atoms with E-state index in [2.05, 4.69) is 10.6 Å². The molecule has 3 aromatic rings. The summed E-state index contributed by atoms with van der Waals surface area (Å²) in [5.41, 5.74) is 0.859. The SMILES string of the molecule is CC(=O)Nc1ccc(S(=O)(=O)C(c2ccccc2)S(=O)(=O)c2ccc(NC(C)=O)cc2)cc1. The van der Waals surface area contributed by atoms with E-state index < -0.39 is 24.3 Å². The van der Waals surface area contributed by atoms with Gasteiger partial charge in [-0.15, -0.1) is 0 Å². The summed E-state index contributed by atoms with van der Waals surface area (Å²) >= 11 is 0. The minimum atomic E-state index is -4.40. The van der Waals surface area contributed by atoms with Gasteiger partial charge in [0.25, 0.3) is 0 Å². The summed E-state index contributed by atoms with van der Waals surface area (Å²) in [5, 5.41) is 5.07. The van der Waals surface area contributed by atoms with Crippen molar-refractivity contribution in [1.29, 1.82) is 0 Å². The van der Waals surface area contributed by atoms with Gasteiger partial charge in [0.05, 0.1) is 9.79 Å². The summed E-state index contributed by atoms with van der Waals surface area (Å²) in [7, 11) is -8.81. The lowest BCUT2D eigenvalue weighted by atomic mass is 10.2. The lowest BCUT2D eigenvalue weighted by Crippen LogP contribution is -2.23. The first kappa shape index (κ1) is 24.1. The number of anilines is 2. The first-order valence-electron chi connectivity index (χ1n) is 9.80. The van der Waals surface area contributed by atoms with Crippen molar-refractivity contribution in [3.05, 3.63) is 84.4 Å². The molecule has 172 valence electrons. The lowest BCUT2D eigenvalue weighted by Gasteiger charge is -2.19. The predicted octanol–water partition coefficient (Wildman–Crippen LogP) is 3.55. The van der Waals surface area contributed by atoms with Gasteiger partial charge in [-0.3, -0.25) is 9.59 Å². The molecule has 2 N–H and O–H groups in total. The van der Waals surface area contributed by atoms with E-state index >= 15 is 0 Å². The van der Waals surface area contributed by atoms with Crippen LogP contribution in [-0.2, 0) is 29.3 Å².